The number of carbonyl (C=O) groups excluding carboxylic acids is 2. The molecular formula is C12H20N2O3S. The minimum absolute atomic E-state index is 0.0260. The first kappa shape index (κ1) is 13.5. The molecule has 1 saturated heterocycles. The van der Waals surface area contributed by atoms with Gasteiger partial charge in [0.2, 0.25) is 11.8 Å². The van der Waals surface area contributed by atoms with Crippen LogP contribution < -0.4 is 5.32 Å². The van der Waals surface area contributed by atoms with Gasteiger partial charge in [-0.25, -0.2) is 0 Å². The number of rotatable bonds is 4. The Kier molecular flexibility index (Phi) is 3.49. The summed E-state index contributed by atoms with van der Waals surface area (Å²) in [6.45, 7) is 4.12. The van der Waals surface area contributed by atoms with Gasteiger partial charge in [0, 0.05) is 28.9 Å². The van der Waals surface area contributed by atoms with Crippen LogP contribution in [0.25, 0.3) is 0 Å². The van der Waals surface area contributed by atoms with E-state index in [0.29, 0.717) is 6.54 Å². The van der Waals surface area contributed by atoms with Gasteiger partial charge in [0.1, 0.15) is 5.54 Å². The predicted molar refractivity (Wildman–Crippen MR) is 69.4 cm³/mol. The van der Waals surface area contributed by atoms with Crippen LogP contribution >= 0.6 is 0 Å². The molecule has 1 aliphatic carbocycles. The lowest BCUT2D eigenvalue weighted by Gasteiger charge is -2.40. The molecule has 0 spiro atoms. The van der Waals surface area contributed by atoms with Gasteiger partial charge < -0.3 is 10.2 Å². The molecular weight excluding hydrogens is 252 g/mol. The van der Waals surface area contributed by atoms with Crippen LogP contribution in [-0.4, -0.2) is 51.1 Å². The van der Waals surface area contributed by atoms with Crippen molar-refractivity contribution in [2.45, 2.75) is 37.5 Å². The van der Waals surface area contributed by atoms with E-state index >= 15 is 0 Å². The number of nitrogens with one attached hydrogen (secondary N) is 1. The molecule has 0 aromatic heterocycles. The van der Waals surface area contributed by atoms with Gasteiger partial charge in [-0.1, -0.05) is 0 Å². The molecule has 3 unspecified atom stereocenters. The third-order valence-electron chi connectivity index (χ3n) is 3.90. The van der Waals surface area contributed by atoms with Crippen LogP contribution in [0, 0.1) is 5.92 Å². The molecule has 0 radical (unpaired) electrons. The van der Waals surface area contributed by atoms with Gasteiger partial charge in [0.25, 0.3) is 0 Å². The fraction of sp³-hybridized carbons (Fsp3) is 0.833. The molecule has 3 atom stereocenters. The van der Waals surface area contributed by atoms with Crippen molar-refractivity contribution in [2.24, 2.45) is 5.92 Å². The lowest BCUT2D eigenvalue weighted by atomic mass is 9.91. The van der Waals surface area contributed by atoms with Gasteiger partial charge in [-0.3, -0.25) is 13.8 Å². The Balaban J connectivity index is 2.13. The van der Waals surface area contributed by atoms with Crippen LogP contribution in [0.15, 0.2) is 0 Å². The van der Waals surface area contributed by atoms with E-state index in [0.717, 1.165) is 12.8 Å². The molecule has 0 bridgehead atoms. The predicted octanol–water partition coefficient (Wildman–Crippen LogP) is -0.119. The fourth-order valence-electron chi connectivity index (χ4n) is 2.46. The highest BCUT2D eigenvalue weighted by Crippen LogP contribution is 2.41. The van der Waals surface area contributed by atoms with E-state index in [1.54, 1.807) is 11.2 Å². The first-order valence-electron chi connectivity index (χ1n) is 6.27. The molecule has 2 amide bonds. The molecule has 5 nitrogen and oxygen atoms in total. The molecule has 6 heteroatoms. The Morgan fingerprint density at radius 2 is 2.11 bits per heavy atom. The lowest BCUT2D eigenvalue weighted by molar-refractivity contribution is -0.150. The van der Waals surface area contributed by atoms with Gasteiger partial charge >= 0.3 is 0 Å². The summed E-state index contributed by atoms with van der Waals surface area (Å²) in [5.41, 5.74) is -0.746. The fourth-order valence-corrected chi connectivity index (χ4v) is 2.85. The first-order valence-corrected chi connectivity index (χ1v) is 7.89. The summed E-state index contributed by atoms with van der Waals surface area (Å²) in [6.07, 6.45) is 3.61. The minimum atomic E-state index is -0.984. The molecule has 1 N–H and O–H groups in total. The number of nitrogens with zero attached hydrogens (tertiary/aromatic N) is 1. The first-order chi connectivity index (χ1) is 8.34. The van der Waals surface area contributed by atoms with Crippen molar-refractivity contribution in [3.8, 4) is 0 Å². The summed E-state index contributed by atoms with van der Waals surface area (Å²) in [5, 5.41) is 2.72. The van der Waals surface area contributed by atoms with Crippen LogP contribution in [0.4, 0.5) is 0 Å². The SMILES string of the molecule is CC(CN1CC(=O)NC(C)(C2CC2)C1=O)S(C)=O. The maximum Gasteiger partial charge on any atom is 0.248 e. The molecule has 0 aromatic rings. The van der Waals surface area contributed by atoms with Crippen LogP contribution in [0.2, 0.25) is 0 Å². The highest BCUT2D eigenvalue weighted by Gasteiger charge is 2.52. The zero-order valence-corrected chi connectivity index (χ0v) is 11.9. The summed E-state index contributed by atoms with van der Waals surface area (Å²) in [6, 6.07) is 0. The Labute approximate surface area is 110 Å². The van der Waals surface area contributed by atoms with E-state index in [2.05, 4.69) is 5.32 Å². The molecule has 0 aromatic carbocycles. The maximum atomic E-state index is 12.4. The largest absolute Gasteiger partial charge is 0.340 e. The average molecular weight is 272 g/mol. The summed E-state index contributed by atoms with van der Waals surface area (Å²) in [7, 11) is -0.984. The zero-order valence-electron chi connectivity index (χ0n) is 11.1. The highest BCUT2D eigenvalue weighted by molar-refractivity contribution is 7.84. The van der Waals surface area contributed by atoms with Crippen molar-refractivity contribution < 1.29 is 13.8 Å². The van der Waals surface area contributed by atoms with Gasteiger partial charge in [-0.2, -0.15) is 0 Å². The van der Waals surface area contributed by atoms with Crippen LogP contribution in [0.3, 0.4) is 0 Å². The van der Waals surface area contributed by atoms with E-state index in [9.17, 15) is 13.8 Å². The van der Waals surface area contributed by atoms with Gasteiger partial charge in [-0.15, -0.1) is 0 Å². The molecule has 1 aliphatic heterocycles. The second-order valence-corrected chi connectivity index (χ2v) is 7.32. The molecule has 102 valence electrons. The van der Waals surface area contributed by atoms with E-state index in [1.807, 2.05) is 13.8 Å². The van der Waals surface area contributed by atoms with Crippen LogP contribution in [-0.2, 0) is 20.4 Å². The van der Waals surface area contributed by atoms with E-state index < -0.39 is 16.3 Å². The normalized spacial score (nSPS) is 32.1. The number of hydrogen-bond acceptors (Lipinski definition) is 3. The number of hydrogen-bond donors (Lipinski definition) is 1. The Hall–Kier alpha value is -0.910. The van der Waals surface area contributed by atoms with Crippen molar-refractivity contribution in [1.29, 1.82) is 0 Å². The second-order valence-electron chi connectivity index (χ2n) is 5.52. The number of piperazine rings is 1. The number of amides is 2. The molecule has 2 aliphatic rings. The highest BCUT2D eigenvalue weighted by atomic mass is 32.2. The van der Waals surface area contributed by atoms with Crippen molar-refractivity contribution in [2.75, 3.05) is 19.3 Å². The molecule has 2 rings (SSSR count). The minimum Gasteiger partial charge on any atom is -0.340 e. The monoisotopic (exact) mass is 272 g/mol. The van der Waals surface area contributed by atoms with E-state index in [1.165, 1.54) is 0 Å². The Bertz CT molecular complexity index is 408. The van der Waals surface area contributed by atoms with Crippen molar-refractivity contribution in [3.63, 3.8) is 0 Å². The lowest BCUT2D eigenvalue weighted by Crippen LogP contribution is -2.67. The van der Waals surface area contributed by atoms with Crippen LogP contribution in [0.1, 0.15) is 26.7 Å². The smallest absolute Gasteiger partial charge is 0.248 e. The van der Waals surface area contributed by atoms with E-state index in [-0.39, 0.29) is 29.5 Å². The third-order valence-corrected chi connectivity index (χ3v) is 5.19. The van der Waals surface area contributed by atoms with Crippen molar-refractivity contribution >= 4 is 22.6 Å². The van der Waals surface area contributed by atoms with Crippen LogP contribution in [0.5, 0.6) is 0 Å². The Morgan fingerprint density at radius 3 is 2.61 bits per heavy atom. The quantitative estimate of drug-likeness (QED) is 0.776. The van der Waals surface area contributed by atoms with Gasteiger partial charge in [0.15, 0.2) is 0 Å². The zero-order chi connectivity index (χ0) is 13.5. The molecule has 2 fully saturated rings. The Morgan fingerprint density at radius 1 is 1.50 bits per heavy atom. The van der Waals surface area contributed by atoms with Crippen molar-refractivity contribution in [3.05, 3.63) is 0 Å². The third kappa shape index (κ3) is 2.43. The summed E-state index contributed by atoms with van der Waals surface area (Å²) in [4.78, 5) is 25.7. The van der Waals surface area contributed by atoms with Crippen molar-refractivity contribution in [1.82, 2.24) is 10.2 Å². The van der Waals surface area contributed by atoms with Gasteiger partial charge in [-0.05, 0) is 32.6 Å². The standard InChI is InChI=1S/C12H20N2O3S/c1-8(18(3)17)6-14-7-10(15)13-12(2,11(14)16)9-4-5-9/h8-9H,4-7H2,1-3H3,(H,13,15). The van der Waals surface area contributed by atoms with E-state index in [4.69, 9.17) is 0 Å². The number of carbonyl (C=O) groups is 2. The summed E-state index contributed by atoms with van der Waals surface area (Å²) in [5.74, 6) is 0.124. The topological polar surface area (TPSA) is 66.5 Å². The molecule has 1 saturated carbocycles. The van der Waals surface area contributed by atoms with Gasteiger partial charge in [0.05, 0.1) is 6.54 Å². The summed E-state index contributed by atoms with van der Waals surface area (Å²) < 4.78 is 11.4. The maximum absolute atomic E-state index is 12.4. The molecule has 18 heavy (non-hydrogen) atoms. The molecule has 1 heterocycles. The second kappa shape index (κ2) is 4.64. The summed E-state index contributed by atoms with van der Waals surface area (Å²) >= 11 is 0. The average Bonchev–Trinajstić information content (AvgIpc) is 3.08.